The van der Waals surface area contributed by atoms with E-state index in [1.54, 1.807) is 0 Å². The van der Waals surface area contributed by atoms with Crippen molar-refractivity contribution in [3.63, 3.8) is 0 Å². The molecule has 0 unspecified atom stereocenters. The Morgan fingerprint density at radius 2 is 1.61 bits per heavy atom. The number of carbonyl (C=O) groups excluding carboxylic acids is 2. The summed E-state index contributed by atoms with van der Waals surface area (Å²) in [4.78, 5) is 22.3. The summed E-state index contributed by atoms with van der Waals surface area (Å²) in [7, 11) is 0. The minimum absolute atomic E-state index is 0.0862. The van der Waals surface area contributed by atoms with Crippen LogP contribution >= 0.6 is 0 Å². The van der Waals surface area contributed by atoms with E-state index in [2.05, 4.69) is 17.4 Å². The Labute approximate surface area is 136 Å². The Hall–Kier alpha value is -2.62. The summed E-state index contributed by atoms with van der Waals surface area (Å²) in [6.07, 6.45) is 0.897. The van der Waals surface area contributed by atoms with E-state index in [1.165, 1.54) is 6.92 Å². The van der Waals surface area contributed by atoms with Gasteiger partial charge in [0.15, 0.2) is 0 Å². The van der Waals surface area contributed by atoms with E-state index >= 15 is 0 Å². The molecule has 0 aliphatic heterocycles. The molecule has 0 aliphatic carbocycles. The maximum Gasteiger partial charge on any atom is 0.306 e. The molecule has 4 heteroatoms. The summed E-state index contributed by atoms with van der Waals surface area (Å²) in [5, 5.41) is 2.65. The molecule has 23 heavy (non-hydrogen) atoms. The van der Waals surface area contributed by atoms with Gasteiger partial charge in [0.1, 0.15) is 6.61 Å². The van der Waals surface area contributed by atoms with Gasteiger partial charge in [0.05, 0.1) is 0 Å². The zero-order valence-electron chi connectivity index (χ0n) is 13.2. The maximum absolute atomic E-state index is 11.6. The number of ether oxygens (including phenoxy) is 1. The zero-order valence-corrected chi connectivity index (χ0v) is 13.2. The van der Waals surface area contributed by atoms with Crippen LogP contribution in [-0.2, 0) is 20.9 Å². The first-order valence-corrected chi connectivity index (χ1v) is 7.69. The first kappa shape index (κ1) is 16.7. The number of carbonyl (C=O) groups is 2. The first-order valence-electron chi connectivity index (χ1n) is 7.69. The quantitative estimate of drug-likeness (QED) is 0.630. The van der Waals surface area contributed by atoms with Gasteiger partial charge < -0.3 is 10.1 Å². The van der Waals surface area contributed by atoms with Crippen molar-refractivity contribution in [3.05, 3.63) is 60.2 Å². The van der Waals surface area contributed by atoms with E-state index in [1.807, 2.05) is 42.5 Å². The molecular formula is C19H21NO3. The van der Waals surface area contributed by atoms with Gasteiger partial charge in [-0.15, -0.1) is 0 Å². The second-order valence-electron chi connectivity index (χ2n) is 5.31. The molecule has 0 aromatic heterocycles. The number of benzene rings is 2. The largest absolute Gasteiger partial charge is 0.461 e. The fraction of sp³-hybridized carbons (Fsp3) is 0.263. The number of hydrogen-bond acceptors (Lipinski definition) is 3. The fourth-order valence-electron chi connectivity index (χ4n) is 2.16. The van der Waals surface area contributed by atoms with Gasteiger partial charge in [0.2, 0.25) is 5.91 Å². The molecule has 0 saturated carbocycles. The highest BCUT2D eigenvalue weighted by molar-refractivity contribution is 5.73. The van der Waals surface area contributed by atoms with Crippen LogP contribution in [0.5, 0.6) is 0 Å². The summed E-state index contributed by atoms with van der Waals surface area (Å²) in [5.74, 6) is -0.334. The first-order chi connectivity index (χ1) is 11.1. The fourth-order valence-corrected chi connectivity index (χ4v) is 2.16. The van der Waals surface area contributed by atoms with Crippen molar-refractivity contribution >= 4 is 11.9 Å². The molecule has 0 spiro atoms. The van der Waals surface area contributed by atoms with Crippen LogP contribution in [0.1, 0.15) is 25.3 Å². The topological polar surface area (TPSA) is 55.4 Å². The van der Waals surface area contributed by atoms with Crippen molar-refractivity contribution < 1.29 is 14.3 Å². The van der Waals surface area contributed by atoms with Gasteiger partial charge in [-0.2, -0.15) is 0 Å². The van der Waals surface area contributed by atoms with Crippen LogP contribution in [0.2, 0.25) is 0 Å². The number of amides is 1. The highest BCUT2D eigenvalue weighted by Crippen LogP contribution is 2.19. The van der Waals surface area contributed by atoms with Gasteiger partial charge in [0, 0.05) is 19.9 Å². The van der Waals surface area contributed by atoms with Gasteiger partial charge in [-0.25, -0.2) is 0 Å². The molecule has 0 bridgehead atoms. The summed E-state index contributed by atoms with van der Waals surface area (Å²) in [5.41, 5.74) is 3.25. The minimum atomic E-state index is -0.248. The zero-order chi connectivity index (χ0) is 16.5. The van der Waals surface area contributed by atoms with Crippen LogP contribution in [0.4, 0.5) is 0 Å². The summed E-state index contributed by atoms with van der Waals surface area (Å²) in [6.45, 7) is 2.22. The van der Waals surface area contributed by atoms with Crippen molar-refractivity contribution in [2.45, 2.75) is 26.4 Å². The Morgan fingerprint density at radius 3 is 2.26 bits per heavy atom. The lowest BCUT2D eigenvalue weighted by atomic mass is 10.0. The van der Waals surface area contributed by atoms with Crippen molar-refractivity contribution in [1.82, 2.24) is 5.32 Å². The average Bonchev–Trinajstić information content (AvgIpc) is 2.58. The van der Waals surface area contributed by atoms with Crippen LogP contribution in [0.3, 0.4) is 0 Å². The minimum Gasteiger partial charge on any atom is -0.461 e. The predicted octanol–water partition coefficient (Wildman–Crippen LogP) is 3.31. The van der Waals surface area contributed by atoms with E-state index in [0.29, 0.717) is 19.4 Å². The normalized spacial score (nSPS) is 10.1. The van der Waals surface area contributed by atoms with Crippen LogP contribution in [0, 0.1) is 0 Å². The molecule has 0 saturated heterocycles. The van der Waals surface area contributed by atoms with Crippen molar-refractivity contribution in [2.75, 3.05) is 6.54 Å². The van der Waals surface area contributed by atoms with Crippen molar-refractivity contribution in [1.29, 1.82) is 0 Å². The summed E-state index contributed by atoms with van der Waals surface area (Å²) >= 11 is 0. The molecular weight excluding hydrogens is 290 g/mol. The summed E-state index contributed by atoms with van der Waals surface area (Å²) < 4.78 is 5.23. The third-order valence-corrected chi connectivity index (χ3v) is 3.39. The standard InChI is InChI=1S/C19H21NO3/c1-15(21)20-13-5-8-19(22)23-14-16-9-11-18(12-10-16)17-6-3-2-4-7-17/h2-4,6-7,9-12H,5,8,13-14H2,1H3,(H,20,21). The van der Waals surface area contributed by atoms with Crippen LogP contribution in [-0.4, -0.2) is 18.4 Å². The molecule has 1 N–H and O–H groups in total. The number of rotatable bonds is 7. The third-order valence-electron chi connectivity index (χ3n) is 3.39. The molecule has 0 fully saturated rings. The Morgan fingerprint density at radius 1 is 0.957 bits per heavy atom. The van der Waals surface area contributed by atoms with Crippen LogP contribution < -0.4 is 5.32 Å². The number of nitrogens with one attached hydrogen (secondary N) is 1. The SMILES string of the molecule is CC(=O)NCCCC(=O)OCc1ccc(-c2ccccc2)cc1. The maximum atomic E-state index is 11.6. The average molecular weight is 311 g/mol. The van der Waals surface area contributed by atoms with Crippen LogP contribution in [0.25, 0.3) is 11.1 Å². The molecule has 120 valence electrons. The lowest BCUT2D eigenvalue weighted by molar-refractivity contribution is -0.145. The van der Waals surface area contributed by atoms with Gasteiger partial charge in [-0.1, -0.05) is 54.6 Å². The molecule has 2 rings (SSSR count). The molecule has 0 atom stereocenters. The highest BCUT2D eigenvalue weighted by atomic mass is 16.5. The molecule has 2 aromatic rings. The number of hydrogen-bond donors (Lipinski definition) is 1. The van der Waals surface area contributed by atoms with E-state index in [0.717, 1.165) is 16.7 Å². The molecule has 0 aliphatic rings. The summed E-state index contributed by atoms with van der Waals surface area (Å²) in [6, 6.07) is 18.1. The second-order valence-corrected chi connectivity index (χ2v) is 5.31. The molecule has 0 heterocycles. The number of esters is 1. The van der Waals surface area contributed by atoms with E-state index in [4.69, 9.17) is 4.74 Å². The van der Waals surface area contributed by atoms with E-state index in [9.17, 15) is 9.59 Å². The predicted molar refractivity (Wildman–Crippen MR) is 89.6 cm³/mol. The van der Waals surface area contributed by atoms with E-state index < -0.39 is 0 Å². The Balaban J connectivity index is 1.76. The van der Waals surface area contributed by atoms with E-state index in [-0.39, 0.29) is 18.5 Å². The third kappa shape index (κ3) is 5.94. The monoisotopic (exact) mass is 311 g/mol. The van der Waals surface area contributed by atoms with Gasteiger partial charge in [-0.05, 0) is 23.1 Å². The Bertz CT molecular complexity index is 635. The molecule has 2 aromatic carbocycles. The molecule has 1 amide bonds. The Kier molecular flexibility index (Phi) is 6.36. The van der Waals surface area contributed by atoms with Gasteiger partial charge in [-0.3, -0.25) is 9.59 Å². The lowest BCUT2D eigenvalue weighted by Gasteiger charge is -2.07. The smallest absolute Gasteiger partial charge is 0.306 e. The van der Waals surface area contributed by atoms with Crippen molar-refractivity contribution in [2.24, 2.45) is 0 Å². The molecule has 0 radical (unpaired) electrons. The van der Waals surface area contributed by atoms with Crippen LogP contribution in [0.15, 0.2) is 54.6 Å². The van der Waals surface area contributed by atoms with Crippen molar-refractivity contribution in [3.8, 4) is 11.1 Å². The lowest BCUT2D eigenvalue weighted by Crippen LogP contribution is -2.21. The highest BCUT2D eigenvalue weighted by Gasteiger charge is 2.04. The second kappa shape index (κ2) is 8.73. The van der Waals surface area contributed by atoms with Gasteiger partial charge in [0.25, 0.3) is 0 Å². The molecule has 4 nitrogen and oxygen atoms in total. The van der Waals surface area contributed by atoms with Gasteiger partial charge >= 0.3 is 5.97 Å².